The van der Waals surface area contributed by atoms with Gasteiger partial charge in [0.05, 0.1) is 10.8 Å². The Morgan fingerprint density at radius 3 is 3.27 bits per heavy atom. The first kappa shape index (κ1) is 7.10. The molecule has 0 aromatic heterocycles. The summed E-state index contributed by atoms with van der Waals surface area (Å²) in [6.45, 7) is 1.99. The van der Waals surface area contributed by atoms with Gasteiger partial charge in [0.15, 0.2) is 5.94 Å². The summed E-state index contributed by atoms with van der Waals surface area (Å²) in [5.74, 6) is 1.25. The topological polar surface area (TPSA) is 26.3 Å². The van der Waals surface area contributed by atoms with E-state index in [1.807, 2.05) is 25.2 Å². The lowest BCUT2D eigenvalue weighted by atomic mass is 10.00. The number of allylic oxidation sites excluding steroid dienone is 3. The lowest BCUT2D eigenvalue weighted by Crippen LogP contribution is -2.28. The molecule has 2 nitrogen and oxygen atoms in total. The second-order valence-electron chi connectivity index (χ2n) is 3.00. The molecule has 2 atom stereocenters. The average molecular weight is 170 g/mol. The summed E-state index contributed by atoms with van der Waals surface area (Å²) in [7, 11) is -0.847. The minimum Gasteiger partial charge on any atom is -0.483 e. The summed E-state index contributed by atoms with van der Waals surface area (Å²) < 4.78 is 16.5. The third-order valence-corrected chi connectivity index (χ3v) is 3.94. The molecule has 0 aromatic rings. The van der Waals surface area contributed by atoms with Gasteiger partial charge in [-0.2, -0.15) is 0 Å². The Bertz CT molecular complexity index is 267. The van der Waals surface area contributed by atoms with Crippen LogP contribution in [0.25, 0.3) is 0 Å². The molecular weight excluding hydrogens is 160 g/mol. The summed E-state index contributed by atoms with van der Waals surface area (Å²) in [5.41, 5.74) is 0. The second kappa shape index (κ2) is 2.21. The van der Waals surface area contributed by atoms with Crippen molar-refractivity contribution in [3.8, 4) is 0 Å². The smallest absolute Gasteiger partial charge is 0.163 e. The Labute approximate surface area is 68.4 Å². The standard InChI is InChI=1S/C8H10O2S/c1-8-5-3-2-4-7(8)10-6-11(8)9/h2-4H,5-6H2,1H3. The number of ether oxygens (including phenoxy) is 1. The summed E-state index contributed by atoms with van der Waals surface area (Å²) >= 11 is 0. The van der Waals surface area contributed by atoms with Gasteiger partial charge in [-0.15, -0.1) is 0 Å². The van der Waals surface area contributed by atoms with Crippen molar-refractivity contribution in [1.82, 2.24) is 0 Å². The van der Waals surface area contributed by atoms with Crippen LogP contribution in [-0.4, -0.2) is 14.9 Å². The van der Waals surface area contributed by atoms with Gasteiger partial charge >= 0.3 is 0 Å². The highest BCUT2D eigenvalue weighted by Crippen LogP contribution is 2.37. The molecule has 2 unspecified atom stereocenters. The molecule has 1 aliphatic heterocycles. The van der Waals surface area contributed by atoms with Crippen LogP contribution in [0.2, 0.25) is 0 Å². The predicted octanol–water partition coefficient (Wildman–Crippen LogP) is 1.33. The molecule has 3 heteroatoms. The minimum atomic E-state index is -0.847. The first-order valence-corrected chi connectivity index (χ1v) is 4.94. The summed E-state index contributed by atoms with van der Waals surface area (Å²) in [5, 5.41) is 0. The van der Waals surface area contributed by atoms with E-state index >= 15 is 0 Å². The fourth-order valence-corrected chi connectivity index (χ4v) is 2.51. The number of hydrogen-bond acceptors (Lipinski definition) is 2. The molecule has 60 valence electrons. The minimum absolute atomic E-state index is 0.227. The molecule has 0 N–H and O–H groups in total. The Balaban J connectivity index is 2.44. The van der Waals surface area contributed by atoms with Gasteiger partial charge in [0, 0.05) is 0 Å². The van der Waals surface area contributed by atoms with E-state index in [1.165, 1.54) is 0 Å². The fourth-order valence-electron chi connectivity index (χ4n) is 1.38. The normalized spacial score (nSPS) is 41.2. The molecule has 0 bridgehead atoms. The summed E-state index contributed by atoms with van der Waals surface area (Å²) in [6, 6.07) is 0. The lowest BCUT2D eigenvalue weighted by molar-refractivity contribution is 0.264. The van der Waals surface area contributed by atoms with Crippen molar-refractivity contribution in [3.63, 3.8) is 0 Å². The zero-order valence-electron chi connectivity index (χ0n) is 6.37. The van der Waals surface area contributed by atoms with Crippen LogP contribution in [0.4, 0.5) is 0 Å². The average Bonchev–Trinajstić information content (AvgIpc) is 2.29. The molecule has 1 fully saturated rings. The van der Waals surface area contributed by atoms with Crippen molar-refractivity contribution in [1.29, 1.82) is 0 Å². The van der Waals surface area contributed by atoms with Gasteiger partial charge in [-0.3, -0.25) is 4.21 Å². The fraction of sp³-hybridized carbons (Fsp3) is 0.500. The number of fused-ring (bicyclic) bond motifs is 1. The zero-order valence-corrected chi connectivity index (χ0v) is 7.19. The predicted molar refractivity (Wildman–Crippen MR) is 44.3 cm³/mol. The summed E-state index contributed by atoms with van der Waals surface area (Å²) in [4.78, 5) is 0. The molecule has 0 spiro atoms. The Kier molecular flexibility index (Phi) is 1.42. The highest BCUT2D eigenvalue weighted by Gasteiger charge is 2.42. The van der Waals surface area contributed by atoms with Crippen molar-refractivity contribution in [3.05, 3.63) is 24.0 Å². The van der Waals surface area contributed by atoms with E-state index in [0.717, 1.165) is 12.2 Å². The highest BCUT2D eigenvalue weighted by atomic mass is 32.2. The van der Waals surface area contributed by atoms with E-state index < -0.39 is 10.8 Å². The Hall–Kier alpha value is -0.570. The van der Waals surface area contributed by atoms with E-state index in [0.29, 0.717) is 5.94 Å². The molecule has 11 heavy (non-hydrogen) atoms. The monoisotopic (exact) mass is 170 g/mol. The van der Waals surface area contributed by atoms with Crippen LogP contribution in [0.1, 0.15) is 13.3 Å². The van der Waals surface area contributed by atoms with Gasteiger partial charge in [0.25, 0.3) is 0 Å². The molecule has 0 aromatic carbocycles. The Morgan fingerprint density at radius 1 is 1.73 bits per heavy atom. The van der Waals surface area contributed by atoms with Gasteiger partial charge in [-0.25, -0.2) is 0 Å². The number of hydrogen-bond donors (Lipinski definition) is 0. The first-order valence-electron chi connectivity index (χ1n) is 3.62. The van der Waals surface area contributed by atoms with E-state index in [9.17, 15) is 4.21 Å². The van der Waals surface area contributed by atoms with Crippen LogP contribution in [0, 0.1) is 0 Å². The van der Waals surface area contributed by atoms with Crippen molar-refractivity contribution >= 4 is 10.8 Å². The van der Waals surface area contributed by atoms with Gasteiger partial charge < -0.3 is 4.74 Å². The van der Waals surface area contributed by atoms with E-state index in [1.54, 1.807) is 0 Å². The van der Waals surface area contributed by atoms with Crippen LogP contribution in [-0.2, 0) is 15.5 Å². The maximum Gasteiger partial charge on any atom is 0.163 e. The molecular formula is C8H10O2S. The zero-order chi connectivity index (χ0) is 7.90. The van der Waals surface area contributed by atoms with Crippen LogP contribution in [0.3, 0.4) is 0 Å². The largest absolute Gasteiger partial charge is 0.483 e. The molecule has 0 amide bonds. The molecule has 1 saturated heterocycles. The van der Waals surface area contributed by atoms with Crippen molar-refractivity contribution in [2.75, 3.05) is 5.94 Å². The maximum absolute atomic E-state index is 11.4. The van der Waals surface area contributed by atoms with Crippen molar-refractivity contribution in [2.24, 2.45) is 0 Å². The van der Waals surface area contributed by atoms with E-state index in [4.69, 9.17) is 4.74 Å². The van der Waals surface area contributed by atoms with E-state index in [-0.39, 0.29) is 4.75 Å². The molecule has 2 aliphatic rings. The third kappa shape index (κ3) is 0.872. The highest BCUT2D eigenvalue weighted by molar-refractivity contribution is 7.86. The van der Waals surface area contributed by atoms with Gasteiger partial charge in [-0.05, 0) is 19.4 Å². The van der Waals surface area contributed by atoms with Gasteiger partial charge in [0.1, 0.15) is 10.5 Å². The summed E-state index contributed by atoms with van der Waals surface area (Å²) in [6.07, 6.45) is 6.75. The van der Waals surface area contributed by atoms with Crippen molar-refractivity contribution in [2.45, 2.75) is 18.1 Å². The van der Waals surface area contributed by atoms with Gasteiger partial charge in [-0.1, -0.05) is 12.2 Å². The second-order valence-corrected chi connectivity index (χ2v) is 4.83. The first-order chi connectivity index (χ1) is 5.23. The lowest BCUT2D eigenvalue weighted by Gasteiger charge is -2.21. The molecule has 2 rings (SSSR count). The molecule has 0 radical (unpaired) electrons. The van der Waals surface area contributed by atoms with Crippen LogP contribution in [0.5, 0.6) is 0 Å². The quantitative estimate of drug-likeness (QED) is 0.548. The van der Waals surface area contributed by atoms with Crippen LogP contribution in [0.15, 0.2) is 24.0 Å². The SMILES string of the molecule is CC12CC=CC=C1OCS2=O. The molecule has 0 saturated carbocycles. The van der Waals surface area contributed by atoms with Crippen molar-refractivity contribution < 1.29 is 8.95 Å². The third-order valence-electron chi connectivity index (χ3n) is 2.24. The maximum atomic E-state index is 11.4. The Morgan fingerprint density at radius 2 is 2.55 bits per heavy atom. The number of rotatable bonds is 0. The van der Waals surface area contributed by atoms with Crippen LogP contribution >= 0.6 is 0 Å². The van der Waals surface area contributed by atoms with Crippen LogP contribution < -0.4 is 0 Å². The molecule has 1 aliphatic carbocycles. The molecule has 1 heterocycles. The van der Waals surface area contributed by atoms with Gasteiger partial charge in [0.2, 0.25) is 0 Å². The van der Waals surface area contributed by atoms with E-state index in [2.05, 4.69) is 0 Å².